The average molecular weight is 300 g/mol. The van der Waals surface area contributed by atoms with E-state index in [1.807, 2.05) is 20.8 Å². The van der Waals surface area contributed by atoms with E-state index in [1.54, 1.807) is 11.8 Å². The second-order valence-corrected chi connectivity index (χ2v) is 6.57. The molecule has 0 aromatic heterocycles. The van der Waals surface area contributed by atoms with Gasteiger partial charge in [0, 0.05) is 13.1 Å². The summed E-state index contributed by atoms with van der Waals surface area (Å²) in [6, 6.07) is -0.293. The van der Waals surface area contributed by atoms with Gasteiger partial charge in [-0.2, -0.15) is 0 Å². The molecule has 21 heavy (non-hydrogen) atoms. The Morgan fingerprint density at radius 3 is 2.62 bits per heavy atom. The van der Waals surface area contributed by atoms with Gasteiger partial charge in [-0.25, -0.2) is 4.79 Å². The Balaban J connectivity index is 2.26. The summed E-state index contributed by atoms with van der Waals surface area (Å²) in [6.07, 6.45) is 1.68. The lowest BCUT2D eigenvalue weighted by Crippen LogP contribution is -2.37. The number of carbonyl (C=O) groups excluding carboxylic acids is 2. The lowest BCUT2D eigenvalue weighted by molar-refractivity contribution is -0.142. The van der Waals surface area contributed by atoms with Crippen molar-refractivity contribution in [3.05, 3.63) is 0 Å². The number of hydrogen-bond donors (Lipinski definition) is 1. The standard InChI is InChI=1S/C15H28N2O4/c1-11(13(18)20-5)16-8-6-12-7-9-17(10-12)14(19)21-15(2,3)4/h11-12,16H,6-10H2,1-5H3. The normalized spacial score (nSPS) is 20.2. The van der Waals surface area contributed by atoms with E-state index in [9.17, 15) is 9.59 Å². The Labute approximate surface area is 127 Å². The van der Waals surface area contributed by atoms with Crippen LogP contribution in [0.1, 0.15) is 40.5 Å². The van der Waals surface area contributed by atoms with Crippen LogP contribution in [0.2, 0.25) is 0 Å². The molecule has 0 aromatic carbocycles. The molecule has 0 radical (unpaired) electrons. The third-order valence-electron chi connectivity index (χ3n) is 3.50. The van der Waals surface area contributed by atoms with Gasteiger partial charge in [0.05, 0.1) is 7.11 Å². The number of esters is 1. The molecule has 1 aliphatic rings. The minimum Gasteiger partial charge on any atom is -0.468 e. The third kappa shape index (κ3) is 6.33. The van der Waals surface area contributed by atoms with E-state index in [4.69, 9.17) is 4.74 Å². The molecule has 0 aliphatic carbocycles. The molecule has 2 atom stereocenters. The summed E-state index contributed by atoms with van der Waals surface area (Å²) in [5.41, 5.74) is -0.452. The van der Waals surface area contributed by atoms with Crippen LogP contribution in [0.4, 0.5) is 4.79 Å². The van der Waals surface area contributed by atoms with Crippen molar-refractivity contribution in [1.82, 2.24) is 10.2 Å². The van der Waals surface area contributed by atoms with Gasteiger partial charge in [-0.3, -0.25) is 4.79 Å². The first-order chi connectivity index (χ1) is 9.73. The zero-order valence-corrected chi connectivity index (χ0v) is 13.8. The highest BCUT2D eigenvalue weighted by Gasteiger charge is 2.29. The maximum absolute atomic E-state index is 11.9. The molecule has 0 aromatic rings. The second-order valence-electron chi connectivity index (χ2n) is 6.57. The van der Waals surface area contributed by atoms with Crippen molar-refractivity contribution < 1.29 is 19.1 Å². The Hall–Kier alpha value is -1.30. The van der Waals surface area contributed by atoms with Crippen molar-refractivity contribution in [2.75, 3.05) is 26.7 Å². The highest BCUT2D eigenvalue weighted by molar-refractivity contribution is 5.75. The van der Waals surface area contributed by atoms with Crippen LogP contribution in [0, 0.1) is 5.92 Å². The highest BCUT2D eigenvalue weighted by atomic mass is 16.6. The van der Waals surface area contributed by atoms with Crippen LogP contribution in [-0.2, 0) is 14.3 Å². The van der Waals surface area contributed by atoms with Gasteiger partial charge in [0.2, 0.25) is 0 Å². The van der Waals surface area contributed by atoms with E-state index in [1.165, 1.54) is 7.11 Å². The van der Waals surface area contributed by atoms with Gasteiger partial charge in [0.25, 0.3) is 0 Å². The maximum Gasteiger partial charge on any atom is 0.410 e. The van der Waals surface area contributed by atoms with Gasteiger partial charge in [-0.1, -0.05) is 0 Å². The predicted octanol–water partition coefficient (Wildman–Crippen LogP) is 1.78. The monoisotopic (exact) mass is 300 g/mol. The Bertz CT molecular complexity index is 365. The van der Waals surface area contributed by atoms with Crippen LogP contribution in [0.3, 0.4) is 0 Å². The Morgan fingerprint density at radius 2 is 2.05 bits per heavy atom. The van der Waals surface area contributed by atoms with Crippen molar-refractivity contribution in [2.45, 2.75) is 52.2 Å². The summed E-state index contributed by atoms with van der Waals surface area (Å²) in [6.45, 7) is 9.61. The maximum atomic E-state index is 11.9. The van der Waals surface area contributed by atoms with E-state index < -0.39 is 5.60 Å². The van der Waals surface area contributed by atoms with Crippen molar-refractivity contribution in [2.24, 2.45) is 5.92 Å². The fourth-order valence-electron chi connectivity index (χ4n) is 2.32. The number of nitrogens with one attached hydrogen (secondary N) is 1. The molecule has 6 heteroatoms. The molecule has 6 nitrogen and oxygen atoms in total. The summed E-state index contributed by atoms with van der Waals surface area (Å²) in [5.74, 6) is 0.201. The first-order valence-corrected chi connectivity index (χ1v) is 7.52. The molecule has 1 fully saturated rings. The van der Waals surface area contributed by atoms with Crippen molar-refractivity contribution in [3.63, 3.8) is 0 Å². The number of nitrogens with zero attached hydrogens (tertiary/aromatic N) is 1. The van der Waals surface area contributed by atoms with Gasteiger partial charge in [-0.05, 0) is 53.0 Å². The fourth-order valence-corrected chi connectivity index (χ4v) is 2.32. The average Bonchev–Trinajstić information content (AvgIpc) is 2.84. The summed E-state index contributed by atoms with van der Waals surface area (Å²) in [7, 11) is 1.39. The van der Waals surface area contributed by atoms with E-state index >= 15 is 0 Å². The molecule has 0 spiro atoms. The summed E-state index contributed by atoms with van der Waals surface area (Å²) in [5, 5.41) is 3.13. The zero-order valence-electron chi connectivity index (χ0n) is 13.8. The highest BCUT2D eigenvalue weighted by Crippen LogP contribution is 2.21. The lowest BCUT2D eigenvalue weighted by atomic mass is 10.1. The number of amides is 1. The van der Waals surface area contributed by atoms with Gasteiger partial charge >= 0.3 is 12.1 Å². The number of likely N-dealkylation sites (tertiary alicyclic amines) is 1. The van der Waals surface area contributed by atoms with Crippen LogP contribution >= 0.6 is 0 Å². The topological polar surface area (TPSA) is 67.9 Å². The predicted molar refractivity (Wildman–Crippen MR) is 80.0 cm³/mol. The molecule has 1 aliphatic heterocycles. The summed E-state index contributed by atoms with van der Waals surface area (Å²) in [4.78, 5) is 25.0. The molecule has 1 rings (SSSR count). The lowest BCUT2D eigenvalue weighted by Gasteiger charge is -2.24. The first-order valence-electron chi connectivity index (χ1n) is 7.52. The summed E-state index contributed by atoms with van der Waals surface area (Å²) >= 11 is 0. The molecule has 1 heterocycles. The van der Waals surface area contributed by atoms with E-state index in [0.29, 0.717) is 5.92 Å². The zero-order chi connectivity index (χ0) is 16.0. The second kappa shape index (κ2) is 7.64. The Morgan fingerprint density at radius 1 is 1.38 bits per heavy atom. The molecule has 1 amide bonds. The molecule has 1 saturated heterocycles. The minimum atomic E-state index is -0.452. The number of hydrogen-bond acceptors (Lipinski definition) is 5. The number of ether oxygens (including phenoxy) is 2. The van der Waals surface area contributed by atoms with E-state index in [-0.39, 0.29) is 18.1 Å². The van der Waals surface area contributed by atoms with E-state index in [2.05, 4.69) is 10.1 Å². The fraction of sp³-hybridized carbons (Fsp3) is 0.867. The molecule has 122 valence electrons. The Kier molecular flexibility index (Phi) is 6.45. The van der Waals surface area contributed by atoms with Crippen LogP contribution in [-0.4, -0.2) is 55.3 Å². The molecule has 1 N–H and O–H groups in total. The van der Waals surface area contributed by atoms with Gasteiger partial charge in [-0.15, -0.1) is 0 Å². The quantitative estimate of drug-likeness (QED) is 0.784. The summed E-state index contributed by atoms with van der Waals surface area (Å²) < 4.78 is 10.0. The number of rotatable bonds is 5. The SMILES string of the molecule is COC(=O)C(C)NCCC1CCN(C(=O)OC(C)(C)C)C1. The van der Waals surface area contributed by atoms with Gasteiger partial charge in [0.1, 0.15) is 11.6 Å². The van der Waals surface area contributed by atoms with Crippen LogP contribution in [0.15, 0.2) is 0 Å². The molecule has 0 bridgehead atoms. The molecule has 2 unspecified atom stereocenters. The van der Waals surface area contributed by atoms with Crippen molar-refractivity contribution in [3.8, 4) is 0 Å². The van der Waals surface area contributed by atoms with E-state index in [0.717, 1.165) is 32.5 Å². The third-order valence-corrected chi connectivity index (χ3v) is 3.50. The molecular formula is C15H28N2O4. The van der Waals surface area contributed by atoms with Crippen LogP contribution < -0.4 is 5.32 Å². The van der Waals surface area contributed by atoms with Crippen LogP contribution in [0.5, 0.6) is 0 Å². The molecular weight excluding hydrogens is 272 g/mol. The van der Waals surface area contributed by atoms with Crippen molar-refractivity contribution in [1.29, 1.82) is 0 Å². The number of carbonyl (C=O) groups is 2. The number of methoxy groups -OCH3 is 1. The smallest absolute Gasteiger partial charge is 0.410 e. The van der Waals surface area contributed by atoms with Crippen molar-refractivity contribution >= 4 is 12.1 Å². The first kappa shape index (κ1) is 17.8. The van der Waals surface area contributed by atoms with Crippen LogP contribution in [0.25, 0.3) is 0 Å². The largest absolute Gasteiger partial charge is 0.468 e. The molecule has 0 saturated carbocycles. The van der Waals surface area contributed by atoms with Gasteiger partial charge in [0.15, 0.2) is 0 Å². The van der Waals surface area contributed by atoms with Gasteiger partial charge < -0.3 is 19.7 Å². The minimum absolute atomic E-state index is 0.235.